The van der Waals surface area contributed by atoms with Crippen LogP contribution in [-0.4, -0.2) is 16.4 Å². The highest BCUT2D eigenvalue weighted by Crippen LogP contribution is 2.41. The molecule has 3 N–H and O–H groups in total. The molecule has 0 saturated heterocycles. The Labute approximate surface area is 173 Å². The van der Waals surface area contributed by atoms with Crippen LogP contribution in [-0.2, 0) is 0 Å². The van der Waals surface area contributed by atoms with Crippen molar-refractivity contribution in [3.63, 3.8) is 0 Å². The summed E-state index contributed by atoms with van der Waals surface area (Å²) in [5, 5.41) is 5.33. The van der Waals surface area contributed by atoms with Crippen molar-refractivity contribution in [2.75, 3.05) is 0 Å². The molecule has 2 heterocycles. The largest absolute Gasteiger partial charge is 0.486 e. The summed E-state index contributed by atoms with van der Waals surface area (Å²) in [6, 6.07) is 13.2. The number of nitrogens with zero attached hydrogens (tertiary/aromatic N) is 1. The SMILES string of the molecule is Cc1c2c(cc3c(-c4ccccc4)cc(=O)oc13)C(=NNC(N)=S)CC(C)(C)O2. The van der Waals surface area contributed by atoms with Crippen molar-refractivity contribution in [1.29, 1.82) is 0 Å². The number of ether oxygens (including phenoxy) is 1. The van der Waals surface area contributed by atoms with E-state index in [0.29, 0.717) is 17.8 Å². The van der Waals surface area contributed by atoms with E-state index in [1.807, 2.05) is 57.2 Å². The molecule has 1 aliphatic heterocycles. The van der Waals surface area contributed by atoms with Gasteiger partial charge >= 0.3 is 5.63 Å². The lowest BCUT2D eigenvalue weighted by molar-refractivity contribution is 0.110. The van der Waals surface area contributed by atoms with Crippen LogP contribution in [0.4, 0.5) is 0 Å². The van der Waals surface area contributed by atoms with Crippen LogP contribution in [0.3, 0.4) is 0 Å². The monoisotopic (exact) mass is 407 g/mol. The number of aryl methyl sites for hydroxylation is 1. The molecule has 1 aromatic heterocycles. The molecule has 2 aromatic carbocycles. The van der Waals surface area contributed by atoms with Gasteiger partial charge in [-0.3, -0.25) is 5.43 Å². The number of thiocarbonyl (C=S) groups is 1. The maximum atomic E-state index is 12.3. The Kier molecular flexibility index (Phi) is 4.62. The van der Waals surface area contributed by atoms with E-state index in [1.54, 1.807) is 0 Å². The number of nitrogens with two attached hydrogens (primary N) is 1. The van der Waals surface area contributed by atoms with Gasteiger partial charge in [-0.1, -0.05) is 30.3 Å². The fourth-order valence-electron chi connectivity index (χ4n) is 3.68. The number of hydrogen-bond donors (Lipinski definition) is 2. The second-order valence-electron chi connectivity index (χ2n) is 7.67. The molecule has 3 aromatic rings. The van der Waals surface area contributed by atoms with Crippen molar-refractivity contribution in [1.82, 2.24) is 5.43 Å². The average Bonchev–Trinajstić information content (AvgIpc) is 2.67. The Bertz CT molecular complexity index is 1210. The van der Waals surface area contributed by atoms with Crippen molar-refractivity contribution in [3.05, 3.63) is 64.0 Å². The van der Waals surface area contributed by atoms with E-state index in [-0.39, 0.29) is 5.11 Å². The number of hydrazone groups is 1. The van der Waals surface area contributed by atoms with Gasteiger partial charge in [-0.25, -0.2) is 4.79 Å². The summed E-state index contributed by atoms with van der Waals surface area (Å²) in [5.74, 6) is 0.644. The molecule has 1 aliphatic rings. The highest BCUT2D eigenvalue weighted by Gasteiger charge is 2.34. The zero-order valence-electron chi connectivity index (χ0n) is 16.4. The van der Waals surface area contributed by atoms with Gasteiger partial charge in [0.1, 0.15) is 16.9 Å². The van der Waals surface area contributed by atoms with Crippen LogP contribution in [0.1, 0.15) is 31.4 Å². The summed E-state index contributed by atoms with van der Waals surface area (Å²) in [6.07, 6.45) is 0.567. The fourth-order valence-corrected chi connectivity index (χ4v) is 3.72. The van der Waals surface area contributed by atoms with Gasteiger partial charge in [0.05, 0.1) is 5.71 Å². The Morgan fingerprint density at radius 3 is 2.62 bits per heavy atom. The third-order valence-corrected chi connectivity index (χ3v) is 4.97. The molecule has 6 nitrogen and oxygen atoms in total. The topological polar surface area (TPSA) is 89.9 Å². The first-order valence-electron chi connectivity index (χ1n) is 9.23. The van der Waals surface area contributed by atoms with Crippen molar-refractivity contribution in [2.24, 2.45) is 10.8 Å². The summed E-state index contributed by atoms with van der Waals surface area (Å²) in [6.45, 7) is 5.84. The van der Waals surface area contributed by atoms with Crippen molar-refractivity contribution in [3.8, 4) is 16.9 Å². The number of hydrogen-bond acceptors (Lipinski definition) is 5. The van der Waals surface area contributed by atoms with E-state index < -0.39 is 11.2 Å². The van der Waals surface area contributed by atoms with Crippen LogP contribution in [0.5, 0.6) is 5.75 Å². The van der Waals surface area contributed by atoms with Crippen LogP contribution in [0.15, 0.2) is 56.8 Å². The molecule has 148 valence electrons. The molecule has 0 unspecified atom stereocenters. The molecule has 0 atom stereocenters. The second kappa shape index (κ2) is 7.00. The Hall–Kier alpha value is -3.19. The van der Waals surface area contributed by atoms with Crippen LogP contribution in [0.25, 0.3) is 22.1 Å². The Balaban J connectivity index is 2.04. The van der Waals surface area contributed by atoms with Crippen LogP contribution >= 0.6 is 12.2 Å². The molecule has 0 fully saturated rings. The minimum Gasteiger partial charge on any atom is -0.486 e. The van der Waals surface area contributed by atoms with E-state index in [9.17, 15) is 4.79 Å². The molecule has 0 radical (unpaired) electrons. The van der Waals surface area contributed by atoms with E-state index in [0.717, 1.165) is 33.4 Å². The smallest absolute Gasteiger partial charge is 0.336 e. The third-order valence-electron chi connectivity index (χ3n) is 4.88. The molecular weight excluding hydrogens is 386 g/mol. The lowest BCUT2D eigenvalue weighted by atomic mass is 9.88. The lowest BCUT2D eigenvalue weighted by Crippen LogP contribution is -2.38. The fraction of sp³-hybridized carbons (Fsp3) is 0.227. The maximum absolute atomic E-state index is 12.3. The molecule has 0 saturated carbocycles. The highest BCUT2D eigenvalue weighted by atomic mass is 32.1. The van der Waals surface area contributed by atoms with Gasteiger partial charge in [0.2, 0.25) is 0 Å². The van der Waals surface area contributed by atoms with Gasteiger partial charge in [0.15, 0.2) is 5.11 Å². The van der Waals surface area contributed by atoms with E-state index in [1.165, 1.54) is 6.07 Å². The van der Waals surface area contributed by atoms with Crippen molar-refractivity contribution >= 4 is 34.0 Å². The van der Waals surface area contributed by atoms with E-state index in [2.05, 4.69) is 10.5 Å². The third kappa shape index (κ3) is 3.61. The summed E-state index contributed by atoms with van der Waals surface area (Å²) in [7, 11) is 0. The van der Waals surface area contributed by atoms with Crippen LogP contribution in [0.2, 0.25) is 0 Å². The summed E-state index contributed by atoms with van der Waals surface area (Å²) >= 11 is 4.90. The first kappa shape index (κ1) is 19.1. The van der Waals surface area contributed by atoms with Gasteiger partial charge in [0.25, 0.3) is 0 Å². The number of rotatable bonds is 2. The zero-order chi connectivity index (χ0) is 20.8. The molecule has 4 rings (SSSR count). The molecule has 0 spiro atoms. The quantitative estimate of drug-likeness (QED) is 0.381. The standard InChI is InChI=1S/C22H21N3O3S/c1-12-19-15(14(10-18(26)27-19)13-7-5-4-6-8-13)9-16-17(24-25-21(23)29)11-22(2,3)28-20(12)16/h4-10H,11H2,1-3H3,(H3,23,25,29). The number of nitrogens with one attached hydrogen (secondary N) is 1. The number of fused-ring (bicyclic) bond motifs is 2. The lowest BCUT2D eigenvalue weighted by Gasteiger charge is -2.34. The molecule has 0 amide bonds. The predicted octanol–water partition coefficient (Wildman–Crippen LogP) is 3.87. The summed E-state index contributed by atoms with van der Waals surface area (Å²) < 4.78 is 11.8. The van der Waals surface area contributed by atoms with Gasteiger partial charge in [-0.05, 0) is 50.2 Å². The minimum absolute atomic E-state index is 0.0943. The normalized spacial score (nSPS) is 16.3. The van der Waals surface area contributed by atoms with Crippen LogP contribution in [0, 0.1) is 6.92 Å². The second-order valence-corrected chi connectivity index (χ2v) is 8.11. The molecule has 0 bridgehead atoms. The van der Waals surface area contributed by atoms with Crippen molar-refractivity contribution in [2.45, 2.75) is 32.8 Å². The van der Waals surface area contributed by atoms with E-state index in [4.69, 9.17) is 27.1 Å². The maximum Gasteiger partial charge on any atom is 0.336 e. The van der Waals surface area contributed by atoms with Gasteiger partial charge in [-0.2, -0.15) is 5.10 Å². The minimum atomic E-state index is -0.487. The summed E-state index contributed by atoms with van der Waals surface area (Å²) in [4.78, 5) is 12.3. The van der Waals surface area contributed by atoms with Crippen molar-refractivity contribution < 1.29 is 9.15 Å². The molecule has 29 heavy (non-hydrogen) atoms. The Morgan fingerprint density at radius 2 is 1.93 bits per heavy atom. The van der Waals surface area contributed by atoms with Crippen LogP contribution < -0.4 is 21.5 Å². The highest BCUT2D eigenvalue weighted by molar-refractivity contribution is 7.80. The zero-order valence-corrected chi connectivity index (χ0v) is 17.2. The average molecular weight is 407 g/mol. The van der Waals surface area contributed by atoms with E-state index >= 15 is 0 Å². The first-order chi connectivity index (χ1) is 13.7. The van der Waals surface area contributed by atoms with Gasteiger partial charge in [-0.15, -0.1) is 0 Å². The molecule has 0 aliphatic carbocycles. The van der Waals surface area contributed by atoms with Gasteiger partial charge in [0, 0.05) is 29.0 Å². The molecular formula is C22H21N3O3S. The first-order valence-corrected chi connectivity index (χ1v) is 9.64. The van der Waals surface area contributed by atoms with Gasteiger partial charge < -0.3 is 14.9 Å². The number of benzene rings is 2. The summed E-state index contributed by atoms with van der Waals surface area (Å²) in [5.41, 5.74) is 12.0. The molecule has 7 heteroatoms. The predicted molar refractivity (Wildman–Crippen MR) is 118 cm³/mol. The Morgan fingerprint density at radius 1 is 1.21 bits per heavy atom.